The van der Waals surface area contributed by atoms with Gasteiger partial charge in [-0.1, -0.05) is 54.1 Å². The highest BCUT2D eigenvalue weighted by Crippen LogP contribution is 2.10. The maximum absolute atomic E-state index is 10.1. The van der Waals surface area contributed by atoms with Crippen LogP contribution in [0.2, 0.25) is 5.02 Å². The van der Waals surface area contributed by atoms with Crippen molar-refractivity contribution in [1.82, 2.24) is 0 Å². The molecule has 2 aromatic carbocycles. The molecule has 3 nitrogen and oxygen atoms in total. The Kier molecular flexibility index (Phi) is 6.77. The highest BCUT2D eigenvalue weighted by Gasteiger charge is 1.97. The number of aliphatic carboxylic acids is 1. The van der Waals surface area contributed by atoms with Crippen molar-refractivity contribution in [2.24, 2.45) is 0 Å². The predicted octanol–water partition coefficient (Wildman–Crippen LogP) is 1.62. The third-order valence-electron chi connectivity index (χ3n) is 2.61. The molecule has 0 aliphatic rings. The van der Waals surface area contributed by atoms with E-state index in [-0.39, 0.29) is 6.42 Å². The Labute approximate surface area is 124 Å². The number of halogens is 1. The minimum absolute atomic E-state index is 0.0828. The van der Waals surface area contributed by atoms with Crippen LogP contribution in [0.1, 0.15) is 24.1 Å². The lowest BCUT2D eigenvalue weighted by atomic mass is 10.1. The van der Waals surface area contributed by atoms with Crippen molar-refractivity contribution in [2.45, 2.75) is 19.4 Å². The maximum atomic E-state index is 10.1. The van der Waals surface area contributed by atoms with Gasteiger partial charge in [-0.15, -0.1) is 0 Å². The number of hydrogen-bond donors (Lipinski definition) is 1. The first-order valence-corrected chi connectivity index (χ1v) is 6.69. The van der Waals surface area contributed by atoms with Gasteiger partial charge in [0.05, 0.1) is 0 Å². The Morgan fingerprint density at radius 3 is 2.30 bits per heavy atom. The van der Waals surface area contributed by atoms with Gasteiger partial charge in [-0.05, 0) is 24.6 Å². The SMILES string of the molecule is C[C@H]([NH3+])c1ccccc1.O=C([O-])Cc1cccc(Cl)c1. The van der Waals surface area contributed by atoms with E-state index in [2.05, 4.69) is 24.8 Å². The van der Waals surface area contributed by atoms with Crippen molar-refractivity contribution in [3.63, 3.8) is 0 Å². The van der Waals surface area contributed by atoms with Gasteiger partial charge in [-0.2, -0.15) is 0 Å². The van der Waals surface area contributed by atoms with Crippen LogP contribution in [0, 0.1) is 0 Å². The predicted molar refractivity (Wildman–Crippen MR) is 77.9 cm³/mol. The average molecular weight is 292 g/mol. The second-order valence-corrected chi connectivity index (χ2v) is 4.93. The van der Waals surface area contributed by atoms with Gasteiger partial charge < -0.3 is 15.6 Å². The highest BCUT2D eigenvalue weighted by molar-refractivity contribution is 6.30. The Balaban J connectivity index is 0.000000204. The number of hydrogen-bond acceptors (Lipinski definition) is 2. The number of carbonyl (C=O) groups is 1. The fourth-order valence-electron chi connectivity index (χ4n) is 1.60. The van der Waals surface area contributed by atoms with Crippen LogP contribution in [-0.2, 0) is 11.2 Å². The molecular weight excluding hydrogens is 274 g/mol. The summed E-state index contributed by atoms with van der Waals surface area (Å²) in [5.74, 6) is -1.09. The van der Waals surface area contributed by atoms with E-state index in [1.165, 1.54) is 5.56 Å². The largest absolute Gasteiger partial charge is 0.550 e. The number of quaternary nitrogens is 1. The Morgan fingerprint density at radius 2 is 1.85 bits per heavy atom. The second kappa shape index (κ2) is 8.35. The van der Waals surface area contributed by atoms with Crippen LogP contribution in [0.3, 0.4) is 0 Å². The maximum Gasteiger partial charge on any atom is 0.107 e. The van der Waals surface area contributed by atoms with Crippen LogP contribution in [0.4, 0.5) is 0 Å². The summed E-state index contributed by atoms with van der Waals surface area (Å²) in [7, 11) is 0. The summed E-state index contributed by atoms with van der Waals surface area (Å²) in [6.45, 7) is 2.09. The summed E-state index contributed by atoms with van der Waals surface area (Å²) < 4.78 is 0. The molecule has 0 unspecified atom stereocenters. The fraction of sp³-hybridized carbons (Fsp3) is 0.188. The summed E-state index contributed by atoms with van der Waals surface area (Å²) in [6, 6.07) is 17.4. The molecule has 0 bridgehead atoms. The van der Waals surface area contributed by atoms with Gasteiger partial charge in [0, 0.05) is 23.0 Å². The van der Waals surface area contributed by atoms with E-state index in [4.69, 9.17) is 11.6 Å². The van der Waals surface area contributed by atoms with Crippen molar-refractivity contribution in [3.8, 4) is 0 Å². The van der Waals surface area contributed by atoms with Gasteiger partial charge in [0.2, 0.25) is 0 Å². The molecular formula is C16H18ClNO2. The molecule has 0 amide bonds. The molecule has 0 aromatic heterocycles. The lowest BCUT2D eigenvalue weighted by Crippen LogP contribution is -2.51. The summed E-state index contributed by atoms with van der Waals surface area (Å²) in [5, 5.41) is 10.7. The molecule has 0 saturated heterocycles. The van der Waals surface area contributed by atoms with Crippen molar-refractivity contribution in [3.05, 3.63) is 70.7 Å². The first kappa shape index (κ1) is 16.2. The molecule has 3 N–H and O–H groups in total. The summed E-state index contributed by atoms with van der Waals surface area (Å²) in [5.41, 5.74) is 5.88. The van der Waals surface area contributed by atoms with Crippen LogP contribution >= 0.6 is 11.6 Å². The van der Waals surface area contributed by atoms with E-state index in [9.17, 15) is 9.90 Å². The van der Waals surface area contributed by atoms with Gasteiger partial charge in [-0.3, -0.25) is 0 Å². The van der Waals surface area contributed by atoms with Crippen molar-refractivity contribution in [1.29, 1.82) is 0 Å². The van der Waals surface area contributed by atoms with Crippen LogP contribution in [-0.4, -0.2) is 5.97 Å². The normalized spacial score (nSPS) is 11.2. The molecule has 2 aromatic rings. The number of carboxylic acids is 1. The van der Waals surface area contributed by atoms with Gasteiger partial charge >= 0.3 is 0 Å². The number of carbonyl (C=O) groups excluding carboxylic acids is 1. The van der Waals surface area contributed by atoms with Crippen molar-refractivity contribution < 1.29 is 15.6 Å². The molecule has 20 heavy (non-hydrogen) atoms. The lowest BCUT2D eigenvalue weighted by Gasteiger charge is -2.01. The van der Waals surface area contributed by atoms with Crippen LogP contribution < -0.4 is 10.8 Å². The fourth-order valence-corrected chi connectivity index (χ4v) is 1.81. The van der Waals surface area contributed by atoms with Crippen molar-refractivity contribution >= 4 is 17.6 Å². The number of carboxylic acid groups (broad SMARTS) is 1. The quantitative estimate of drug-likeness (QED) is 0.934. The molecule has 0 spiro atoms. The van der Waals surface area contributed by atoms with Crippen LogP contribution in [0.15, 0.2) is 54.6 Å². The minimum atomic E-state index is -1.09. The van der Waals surface area contributed by atoms with Gasteiger partial charge in [0.15, 0.2) is 0 Å². The summed E-state index contributed by atoms with van der Waals surface area (Å²) in [6.07, 6.45) is -0.0828. The summed E-state index contributed by atoms with van der Waals surface area (Å²) >= 11 is 5.61. The third-order valence-corrected chi connectivity index (χ3v) is 2.84. The standard InChI is InChI=1S/C8H7ClO2.C8H11N/c9-7-3-1-2-6(4-7)5-8(10)11;1-7(9)8-5-3-2-4-6-8/h1-4H,5H2,(H,10,11);2-7H,9H2,1H3/t;7-/m.0/s1. The Hall–Kier alpha value is -1.84. The van der Waals surface area contributed by atoms with Crippen LogP contribution in [0.25, 0.3) is 0 Å². The van der Waals surface area contributed by atoms with E-state index < -0.39 is 5.97 Å². The zero-order chi connectivity index (χ0) is 15.0. The second-order valence-electron chi connectivity index (χ2n) is 4.49. The van der Waals surface area contributed by atoms with Crippen LogP contribution in [0.5, 0.6) is 0 Å². The molecule has 0 radical (unpaired) electrons. The van der Waals surface area contributed by atoms with Gasteiger partial charge in [0.1, 0.15) is 6.04 Å². The number of rotatable bonds is 3. The molecule has 1 atom stereocenters. The van der Waals surface area contributed by atoms with E-state index in [1.807, 2.05) is 18.2 Å². The molecule has 0 fully saturated rings. The summed E-state index contributed by atoms with van der Waals surface area (Å²) in [4.78, 5) is 10.1. The zero-order valence-corrected chi connectivity index (χ0v) is 12.1. The third kappa shape index (κ3) is 6.36. The van der Waals surface area contributed by atoms with Gasteiger partial charge in [-0.25, -0.2) is 0 Å². The average Bonchev–Trinajstić information content (AvgIpc) is 2.39. The molecule has 0 saturated carbocycles. The first-order chi connectivity index (χ1) is 9.49. The molecule has 106 valence electrons. The topological polar surface area (TPSA) is 67.8 Å². The van der Waals surface area contributed by atoms with E-state index in [0.29, 0.717) is 16.6 Å². The molecule has 4 heteroatoms. The Morgan fingerprint density at radius 1 is 1.20 bits per heavy atom. The van der Waals surface area contributed by atoms with E-state index >= 15 is 0 Å². The Bertz CT molecular complexity index is 541. The smallest absolute Gasteiger partial charge is 0.107 e. The molecule has 0 aliphatic carbocycles. The monoisotopic (exact) mass is 291 g/mol. The van der Waals surface area contributed by atoms with Gasteiger partial charge in [0.25, 0.3) is 0 Å². The number of benzene rings is 2. The van der Waals surface area contributed by atoms with Crippen molar-refractivity contribution in [2.75, 3.05) is 0 Å². The minimum Gasteiger partial charge on any atom is -0.550 e. The lowest BCUT2D eigenvalue weighted by molar-refractivity contribution is -0.420. The molecule has 2 rings (SSSR count). The highest BCUT2D eigenvalue weighted by atomic mass is 35.5. The van der Waals surface area contributed by atoms with E-state index in [0.717, 1.165) is 0 Å². The van der Waals surface area contributed by atoms with E-state index in [1.54, 1.807) is 24.3 Å². The molecule has 0 heterocycles. The first-order valence-electron chi connectivity index (χ1n) is 6.31. The molecule has 0 aliphatic heterocycles. The zero-order valence-electron chi connectivity index (χ0n) is 11.4.